The number of likely N-dealkylation sites (tertiary alicyclic amines) is 1. The summed E-state index contributed by atoms with van der Waals surface area (Å²) >= 11 is 0. The van der Waals surface area contributed by atoms with Crippen LogP contribution in [0.5, 0.6) is 0 Å². The molecule has 15 heavy (non-hydrogen) atoms. The number of carbonyl (C=O) groups excluding carboxylic acids is 1. The highest BCUT2D eigenvalue weighted by atomic mass is 16.1. The SMILES string of the molecule is C[C@@H]1CC[C@H](N2CCC(C(N)=O)CC2)C1. The van der Waals surface area contributed by atoms with Crippen molar-refractivity contribution >= 4 is 5.91 Å². The molecule has 0 aromatic carbocycles. The van der Waals surface area contributed by atoms with Crippen LogP contribution in [0.1, 0.15) is 39.0 Å². The van der Waals surface area contributed by atoms with Crippen molar-refractivity contribution in [2.24, 2.45) is 17.6 Å². The van der Waals surface area contributed by atoms with E-state index in [4.69, 9.17) is 5.73 Å². The van der Waals surface area contributed by atoms with Crippen LogP contribution in [0.15, 0.2) is 0 Å². The molecule has 0 bridgehead atoms. The predicted octanol–water partition coefficient (Wildman–Crippen LogP) is 1.37. The lowest BCUT2D eigenvalue weighted by Crippen LogP contribution is -2.43. The van der Waals surface area contributed by atoms with Gasteiger partial charge >= 0.3 is 0 Å². The topological polar surface area (TPSA) is 46.3 Å². The Balaban J connectivity index is 1.80. The van der Waals surface area contributed by atoms with Crippen LogP contribution in [0.2, 0.25) is 0 Å². The van der Waals surface area contributed by atoms with Crippen molar-refractivity contribution in [3.05, 3.63) is 0 Å². The van der Waals surface area contributed by atoms with Crippen LogP contribution < -0.4 is 5.73 Å². The largest absolute Gasteiger partial charge is 0.369 e. The van der Waals surface area contributed by atoms with E-state index >= 15 is 0 Å². The molecule has 0 aromatic heterocycles. The lowest BCUT2D eigenvalue weighted by atomic mass is 9.95. The van der Waals surface area contributed by atoms with Gasteiger partial charge in [0, 0.05) is 12.0 Å². The Morgan fingerprint density at radius 3 is 2.33 bits per heavy atom. The Hall–Kier alpha value is -0.570. The molecule has 1 saturated heterocycles. The number of nitrogens with zero attached hydrogens (tertiary/aromatic N) is 1. The fourth-order valence-corrected chi connectivity index (χ4v) is 3.06. The molecule has 86 valence electrons. The van der Waals surface area contributed by atoms with Gasteiger partial charge in [0.2, 0.25) is 5.91 Å². The second-order valence-electron chi connectivity index (χ2n) is 5.28. The van der Waals surface area contributed by atoms with Crippen LogP contribution in [-0.2, 0) is 4.79 Å². The summed E-state index contributed by atoms with van der Waals surface area (Å²) < 4.78 is 0. The Bertz CT molecular complexity index is 234. The second kappa shape index (κ2) is 4.52. The van der Waals surface area contributed by atoms with Gasteiger partial charge in [0.05, 0.1) is 0 Å². The van der Waals surface area contributed by atoms with E-state index in [0.717, 1.165) is 37.9 Å². The van der Waals surface area contributed by atoms with E-state index in [-0.39, 0.29) is 11.8 Å². The molecular weight excluding hydrogens is 188 g/mol. The maximum Gasteiger partial charge on any atom is 0.220 e. The third-order valence-corrected chi connectivity index (χ3v) is 4.12. The highest BCUT2D eigenvalue weighted by molar-refractivity contribution is 5.76. The zero-order valence-electron chi connectivity index (χ0n) is 9.61. The fraction of sp³-hybridized carbons (Fsp3) is 0.917. The van der Waals surface area contributed by atoms with Gasteiger partial charge in [0.1, 0.15) is 0 Å². The van der Waals surface area contributed by atoms with Crippen LogP contribution in [0.3, 0.4) is 0 Å². The molecule has 0 unspecified atom stereocenters. The van der Waals surface area contributed by atoms with Gasteiger partial charge < -0.3 is 10.6 Å². The van der Waals surface area contributed by atoms with Crippen LogP contribution in [0.25, 0.3) is 0 Å². The summed E-state index contributed by atoms with van der Waals surface area (Å²) in [6, 6.07) is 0.786. The van der Waals surface area contributed by atoms with Crippen molar-refractivity contribution in [3.8, 4) is 0 Å². The van der Waals surface area contributed by atoms with Crippen molar-refractivity contribution in [1.82, 2.24) is 4.90 Å². The number of hydrogen-bond acceptors (Lipinski definition) is 2. The van der Waals surface area contributed by atoms with Gasteiger partial charge in [0.25, 0.3) is 0 Å². The maximum absolute atomic E-state index is 11.0. The number of hydrogen-bond donors (Lipinski definition) is 1. The van der Waals surface area contributed by atoms with E-state index in [0.29, 0.717) is 0 Å². The number of piperidine rings is 1. The van der Waals surface area contributed by atoms with E-state index in [1.54, 1.807) is 0 Å². The summed E-state index contributed by atoms with van der Waals surface area (Å²) in [5.41, 5.74) is 5.33. The van der Waals surface area contributed by atoms with Gasteiger partial charge in [-0.1, -0.05) is 6.92 Å². The molecule has 2 fully saturated rings. The first-order chi connectivity index (χ1) is 7.16. The molecule has 1 amide bonds. The number of amides is 1. The number of primary amides is 1. The summed E-state index contributed by atoms with van der Waals surface area (Å²) in [6.07, 6.45) is 6.02. The average Bonchev–Trinajstić information content (AvgIpc) is 2.65. The molecular formula is C12H22N2O. The summed E-state index contributed by atoms with van der Waals surface area (Å²) in [4.78, 5) is 13.6. The Morgan fingerprint density at radius 1 is 1.20 bits per heavy atom. The quantitative estimate of drug-likeness (QED) is 0.748. The third-order valence-electron chi connectivity index (χ3n) is 4.12. The maximum atomic E-state index is 11.0. The number of carbonyl (C=O) groups is 1. The summed E-state index contributed by atoms with van der Waals surface area (Å²) in [7, 11) is 0. The van der Waals surface area contributed by atoms with E-state index in [1.165, 1.54) is 19.3 Å². The Kier molecular flexibility index (Phi) is 3.29. The molecule has 3 heteroatoms. The van der Waals surface area contributed by atoms with Crippen LogP contribution >= 0.6 is 0 Å². The molecule has 0 spiro atoms. The van der Waals surface area contributed by atoms with Crippen molar-refractivity contribution in [2.45, 2.75) is 45.1 Å². The highest BCUT2D eigenvalue weighted by Crippen LogP contribution is 2.31. The molecule has 1 aliphatic heterocycles. The average molecular weight is 210 g/mol. The van der Waals surface area contributed by atoms with E-state index in [9.17, 15) is 4.79 Å². The number of nitrogens with two attached hydrogens (primary N) is 1. The van der Waals surface area contributed by atoms with Crippen LogP contribution in [0, 0.1) is 11.8 Å². The van der Waals surface area contributed by atoms with Gasteiger partial charge in [0.15, 0.2) is 0 Å². The molecule has 2 atom stereocenters. The lowest BCUT2D eigenvalue weighted by Gasteiger charge is -2.35. The molecule has 1 aliphatic carbocycles. The fourth-order valence-electron chi connectivity index (χ4n) is 3.06. The first kappa shape index (κ1) is 10.9. The monoisotopic (exact) mass is 210 g/mol. The Labute approximate surface area is 92.0 Å². The minimum atomic E-state index is -0.102. The minimum Gasteiger partial charge on any atom is -0.369 e. The van der Waals surface area contributed by atoms with Gasteiger partial charge in [-0.05, 0) is 51.1 Å². The molecule has 0 radical (unpaired) electrons. The van der Waals surface area contributed by atoms with E-state index in [2.05, 4.69) is 11.8 Å². The summed E-state index contributed by atoms with van der Waals surface area (Å²) in [5.74, 6) is 0.929. The molecule has 3 nitrogen and oxygen atoms in total. The number of rotatable bonds is 2. The van der Waals surface area contributed by atoms with E-state index in [1.807, 2.05) is 0 Å². The van der Waals surface area contributed by atoms with Gasteiger partial charge in [-0.15, -0.1) is 0 Å². The zero-order valence-corrected chi connectivity index (χ0v) is 9.61. The van der Waals surface area contributed by atoms with Crippen LogP contribution in [0.4, 0.5) is 0 Å². The molecule has 0 aromatic rings. The molecule has 1 heterocycles. The normalized spacial score (nSPS) is 34.5. The lowest BCUT2D eigenvalue weighted by molar-refractivity contribution is -0.123. The molecule has 2 rings (SSSR count). The van der Waals surface area contributed by atoms with Gasteiger partial charge in [-0.25, -0.2) is 0 Å². The molecule has 1 saturated carbocycles. The Morgan fingerprint density at radius 2 is 1.87 bits per heavy atom. The zero-order chi connectivity index (χ0) is 10.8. The van der Waals surface area contributed by atoms with E-state index < -0.39 is 0 Å². The molecule has 2 aliphatic rings. The van der Waals surface area contributed by atoms with Gasteiger partial charge in [-0.3, -0.25) is 4.79 Å². The second-order valence-corrected chi connectivity index (χ2v) is 5.28. The summed E-state index contributed by atoms with van der Waals surface area (Å²) in [6.45, 7) is 4.49. The van der Waals surface area contributed by atoms with Crippen molar-refractivity contribution in [2.75, 3.05) is 13.1 Å². The van der Waals surface area contributed by atoms with Crippen molar-refractivity contribution < 1.29 is 4.79 Å². The first-order valence-corrected chi connectivity index (χ1v) is 6.20. The standard InChI is InChI=1S/C12H22N2O/c1-9-2-3-11(8-9)14-6-4-10(5-7-14)12(13)15/h9-11H,2-8H2,1H3,(H2,13,15)/t9-,11+/m1/s1. The first-order valence-electron chi connectivity index (χ1n) is 6.20. The predicted molar refractivity (Wildman–Crippen MR) is 60.3 cm³/mol. The van der Waals surface area contributed by atoms with Gasteiger partial charge in [-0.2, -0.15) is 0 Å². The summed E-state index contributed by atoms with van der Waals surface area (Å²) in [5, 5.41) is 0. The van der Waals surface area contributed by atoms with Crippen molar-refractivity contribution in [3.63, 3.8) is 0 Å². The third kappa shape index (κ3) is 2.51. The highest BCUT2D eigenvalue weighted by Gasteiger charge is 2.31. The smallest absolute Gasteiger partial charge is 0.220 e. The van der Waals surface area contributed by atoms with Crippen molar-refractivity contribution in [1.29, 1.82) is 0 Å². The molecule has 2 N–H and O–H groups in total. The van der Waals surface area contributed by atoms with Crippen LogP contribution in [-0.4, -0.2) is 29.9 Å². The minimum absolute atomic E-state index is 0.102.